The maximum atomic E-state index is 13.0. The van der Waals surface area contributed by atoms with E-state index in [1.54, 1.807) is 0 Å². The van der Waals surface area contributed by atoms with E-state index in [1.807, 2.05) is 0 Å². The number of hydrogen-bond acceptors (Lipinski definition) is 4. The first-order valence-electron chi connectivity index (χ1n) is 7.29. The summed E-state index contributed by atoms with van der Waals surface area (Å²) >= 11 is 5.58. The van der Waals surface area contributed by atoms with Crippen molar-refractivity contribution in [2.24, 2.45) is 0 Å². The number of anilines is 1. The van der Waals surface area contributed by atoms with E-state index in [0.29, 0.717) is 0 Å². The quantitative estimate of drug-likeness (QED) is 0.752. The van der Waals surface area contributed by atoms with Gasteiger partial charge in [0, 0.05) is 11.3 Å². The van der Waals surface area contributed by atoms with Gasteiger partial charge < -0.3 is 15.4 Å². The maximum Gasteiger partial charge on any atom is 0.325 e. The van der Waals surface area contributed by atoms with Crippen molar-refractivity contribution in [1.82, 2.24) is 5.32 Å². The van der Waals surface area contributed by atoms with Crippen molar-refractivity contribution in [2.75, 3.05) is 18.5 Å². The van der Waals surface area contributed by atoms with Crippen LogP contribution in [0.15, 0.2) is 42.5 Å². The minimum atomic E-state index is -0.859. The van der Waals surface area contributed by atoms with Gasteiger partial charge in [0.1, 0.15) is 18.2 Å². The zero-order valence-corrected chi connectivity index (χ0v) is 14.0. The van der Waals surface area contributed by atoms with Crippen LogP contribution in [0.1, 0.15) is 10.4 Å². The molecule has 0 saturated carbocycles. The number of esters is 1. The number of amides is 2. The van der Waals surface area contributed by atoms with E-state index >= 15 is 0 Å². The van der Waals surface area contributed by atoms with Gasteiger partial charge in [-0.1, -0.05) is 17.7 Å². The highest BCUT2D eigenvalue weighted by Crippen LogP contribution is 2.19. The Morgan fingerprint density at radius 3 is 2.54 bits per heavy atom. The fraction of sp³-hybridized carbons (Fsp3) is 0.118. The molecule has 0 bridgehead atoms. The van der Waals surface area contributed by atoms with Gasteiger partial charge in [-0.05, 0) is 36.4 Å². The van der Waals surface area contributed by atoms with E-state index < -0.39 is 42.6 Å². The van der Waals surface area contributed by atoms with Crippen LogP contribution in [0.2, 0.25) is 5.02 Å². The van der Waals surface area contributed by atoms with Crippen LogP contribution in [0.3, 0.4) is 0 Å². The molecular formula is C17H13ClF2N2O4. The van der Waals surface area contributed by atoms with Crippen LogP contribution in [0, 0.1) is 11.6 Å². The third-order valence-electron chi connectivity index (χ3n) is 3.05. The first-order valence-corrected chi connectivity index (χ1v) is 7.67. The number of rotatable bonds is 6. The first-order chi connectivity index (χ1) is 12.3. The van der Waals surface area contributed by atoms with E-state index in [9.17, 15) is 23.2 Å². The lowest BCUT2D eigenvalue weighted by atomic mass is 10.2. The van der Waals surface area contributed by atoms with Gasteiger partial charge in [-0.15, -0.1) is 0 Å². The first kappa shape index (κ1) is 19.3. The summed E-state index contributed by atoms with van der Waals surface area (Å²) < 4.78 is 30.7. The van der Waals surface area contributed by atoms with Crippen molar-refractivity contribution in [3.05, 3.63) is 64.7 Å². The lowest BCUT2D eigenvalue weighted by Crippen LogP contribution is -2.32. The van der Waals surface area contributed by atoms with E-state index in [1.165, 1.54) is 30.3 Å². The highest BCUT2D eigenvalue weighted by molar-refractivity contribution is 6.31. The average Bonchev–Trinajstić information content (AvgIpc) is 2.61. The van der Waals surface area contributed by atoms with Crippen LogP contribution in [0.25, 0.3) is 0 Å². The summed E-state index contributed by atoms with van der Waals surface area (Å²) in [4.78, 5) is 34.9. The van der Waals surface area contributed by atoms with Crippen molar-refractivity contribution in [3.63, 3.8) is 0 Å². The average molecular weight is 383 g/mol. The van der Waals surface area contributed by atoms with E-state index in [4.69, 9.17) is 16.3 Å². The van der Waals surface area contributed by atoms with Gasteiger partial charge in [0.15, 0.2) is 6.61 Å². The maximum absolute atomic E-state index is 13.0. The number of nitrogens with one attached hydrogen (secondary N) is 2. The highest BCUT2D eigenvalue weighted by Gasteiger charge is 2.12. The van der Waals surface area contributed by atoms with Gasteiger partial charge in [-0.3, -0.25) is 14.4 Å². The van der Waals surface area contributed by atoms with E-state index in [0.717, 1.165) is 12.1 Å². The summed E-state index contributed by atoms with van der Waals surface area (Å²) in [7, 11) is 0. The second-order valence-electron chi connectivity index (χ2n) is 5.03. The van der Waals surface area contributed by atoms with Gasteiger partial charge in [-0.25, -0.2) is 8.78 Å². The minimum Gasteiger partial charge on any atom is -0.454 e. The molecule has 0 unspecified atom stereocenters. The highest BCUT2D eigenvalue weighted by atomic mass is 35.5. The molecule has 0 fully saturated rings. The van der Waals surface area contributed by atoms with E-state index in [2.05, 4.69) is 10.6 Å². The summed E-state index contributed by atoms with van der Waals surface area (Å²) in [6.45, 7) is -1.10. The van der Waals surface area contributed by atoms with Crippen LogP contribution in [-0.2, 0) is 14.3 Å². The van der Waals surface area contributed by atoms with Crippen molar-refractivity contribution in [1.29, 1.82) is 0 Å². The molecule has 6 nitrogen and oxygen atoms in total. The van der Waals surface area contributed by atoms with Gasteiger partial charge in [-0.2, -0.15) is 0 Å². The molecule has 2 aromatic rings. The summed E-state index contributed by atoms with van der Waals surface area (Å²) in [6, 6.07) is 8.50. The fourth-order valence-electron chi connectivity index (χ4n) is 1.85. The lowest BCUT2D eigenvalue weighted by molar-refractivity contribution is -0.146. The molecule has 136 valence electrons. The molecule has 0 atom stereocenters. The van der Waals surface area contributed by atoms with Gasteiger partial charge in [0.25, 0.3) is 11.8 Å². The number of carbonyl (C=O) groups is 3. The molecule has 0 aliphatic heterocycles. The zero-order valence-electron chi connectivity index (χ0n) is 13.2. The Bertz CT molecular complexity index is 845. The fourth-order valence-corrected chi connectivity index (χ4v) is 2.03. The predicted molar refractivity (Wildman–Crippen MR) is 89.7 cm³/mol. The Morgan fingerprint density at radius 2 is 1.85 bits per heavy atom. The third-order valence-corrected chi connectivity index (χ3v) is 3.34. The summed E-state index contributed by atoms with van der Waals surface area (Å²) in [5.74, 6) is -3.41. The molecule has 0 radical (unpaired) electrons. The molecular weight excluding hydrogens is 370 g/mol. The topological polar surface area (TPSA) is 84.5 Å². The molecule has 0 aromatic heterocycles. The predicted octanol–water partition coefficient (Wildman–Crippen LogP) is 2.53. The largest absolute Gasteiger partial charge is 0.454 e. The van der Waals surface area contributed by atoms with Gasteiger partial charge in [0.05, 0.1) is 5.02 Å². The molecule has 2 aromatic carbocycles. The number of benzene rings is 2. The summed E-state index contributed by atoms with van der Waals surface area (Å²) in [6.07, 6.45) is 0. The van der Waals surface area contributed by atoms with Gasteiger partial charge in [0.2, 0.25) is 0 Å². The van der Waals surface area contributed by atoms with E-state index in [-0.39, 0.29) is 16.3 Å². The van der Waals surface area contributed by atoms with Crippen molar-refractivity contribution < 1.29 is 27.9 Å². The molecule has 2 N–H and O–H groups in total. The Hall–Kier alpha value is -3.00. The van der Waals surface area contributed by atoms with Gasteiger partial charge >= 0.3 is 5.97 Å². The normalized spacial score (nSPS) is 10.1. The molecule has 2 amide bonds. The van der Waals surface area contributed by atoms with Crippen molar-refractivity contribution >= 4 is 35.1 Å². The molecule has 0 saturated heterocycles. The van der Waals surface area contributed by atoms with Crippen LogP contribution < -0.4 is 10.6 Å². The standard InChI is InChI=1S/C17H13ClF2N2O4/c18-13-7-12(4-5-14(13)20)22-15(23)9-26-16(24)8-21-17(25)10-2-1-3-11(19)6-10/h1-7H,8-9H2,(H,21,25)(H,22,23). The summed E-state index contributed by atoms with van der Waals surface area (Å²) in [5, 5.41) is 4.44. The zero-order chi connectivity index (χ0) is 19.1. The Balaban J connectivity index is 1.74. The Labute approximate surface area is 152 Å². The van der Waals surface area contributed by atoms with Crippen LogP contribution in [0.4, 0.5) is 14.5 Å². The molecule has 0 aliphatic rings. The second kappa shape index (κ2) is 8.91. The smallest absolute Gasteiger partial charge is 0.325 e. The molecule has 26 heavy (non-hydrogen) atoms. The van der Waals surface area contributed by atoms with Crippen LogP contribution in [0.5, 0.6) is 0 Å². The van der Waals surface area contributed by atoms with Crippen molar-refractivity contribution in [3.8, 4) is 0 Å². The monoisotopic (exact) mass is 382 g/mol. The third kappa shape index (κ3) is 5.82. The summed E-state index contributed by atoms with van der Waals surface area (Å²) in [5.41, 5.74) is 0.278. The molecule has 2 rings (SSSR count). The SMILES string of the molecule is O=C(COC(=O)CNC(=O)c1cccc(F)c1)Nc1ccc(F)c(Cl)c1. The van der Waals surface area contributed by atoms with Crippen LogP contribution >= 0.6 is 11.6 Å². The number of carbonyl (C=O) groups excluding carboxylic acids is 3. The number of halogens is 3. The van der Waals surface area contributed by atoms with Crippen LogP contribution in [-0.4, -0.2) is 30.9 Å². The number of hydrogen-bond donors (Lipinski definition) is 2. The van der Waals surface area contributed by atoms with Crippen molar-refractivity contribution in [2.45, 2.75) is 0 Å². The minimum absolute atomic E-state index is 0.0451. The molecule has 9 heteroatoms. The Morgan fingerprint density at radius 1 is 1.08 bits per heavy atom. The molecule has 0 spiro atoms. The molecule has 0 heterocycles. The lowest BCUT2D eigenvalue weighted by Gasteiger charge is -2.08. The number of ether oxygens (including phenoxy) is 1. The molecule has 0 aliphatic carbocycles. The Kier molecular flexibility index (Phi) is 6.62. The second-order valence-corrected chi connectivity index (χ2v) is 5.44.